The predicted molar refractivity (Wildman–Crippen MR) is 86.6 cm³/mol. The Hall–Kier alpha value is -1.52. The molecule has 2 rings (SSSR count). The van der Waals surface area contributed by atoms with Crippen molar-refractivity contribution in [1.82, 2.24) is 0 Å². The molecular formula is C18H26O4. The number of allylic oxidation sites excluding steroid dienone is 1. The quantitative estimate of drug-likeness (QED) is 0.592. The molecule has 1 aromatic carbocycles. The van der Waals surface area contributed by atoms with E-state index in [-0.39, 0.29) is 6.10 Å². The summed E-state index contributed by atoms with van der Waals surface area (Å²) in [5.41, 5.74) is 2.48. The van der Waals surface area contributed by atoms with Crippen LogP contribution in [-0.4, -0.2) is 38.6 Å². The molecule has 1 aliphatic carbocycles. The topological polar surface area (TPSA) is 47.9 Å². The third kappa shape index (κ3) is 5.04. The molecule has 0 fully saturated rings. The zero-order chi connectivity index (χ0) is 15.8. The van der Waals surface area contributed by atoms with Gasteiger partial charge in [0.05, 0.1) is 19.8 Å². The molecule has 0 saturated carbocycles. The molecule has 0 spiro atoms. The van der Waals surface area contributed by atoms with E-state index < -0.39 is 0 Å². The Bertz CT molecular complexity index is 496. The van der Waals surface area contributed by atoms with Crippen LogP contribution in [0.4, 0.5) is 0 Å². The number of rotatable bonds is 8. The summed E-state index contributed by atoms with van der Waals surface area (Å²) in [6.45, 7) is 1.29. The summed E-state index contributed by atoms with van der Waals surface area (Å²) < 4.78 is 16.2. The van der Waals surface area contributed by atoms with E-state index in [9.17, 15) is 5.11 Å². The van der Waals surface area contributed by atoms with E-state index in [2.05, 4.69) is 6.07 Å². The Balaban J connectivity index is 2.02. The molecule has 4 heteroatoms. The zero-order valence-electron chi connectivity index (χ0n) is 13.5. The first-order valence-electron chi connectivity index (χ1n) is 7.89. The minimum Gasteiger partial charge on any atom is -0.493 e. The maximum absolute atomic E-state index is 9.73. The second kappa shape index (κ2) is 8.81. The van der Waals surface area contributed by atoms with Crippen LogP contribution in [0.2, 0.25) is 0 Å². The third-order valence-corrected chi connectivity index (χ3v) is 3.84. The van der Waals surface area contributed by atoms with E-state index >= 15 is 0 Å². The summed E-state index contributed by atoms with van der Waals surface area (Å²) in [4.78, 5) is 0. The average Bonchev–Trinajstić information content (AvgIpc) is 2.52. The average molecular weight is 306 g/mol. The molecule has 0 aliphatic heterocycles. The highest BCUT2D eigenvalue weighted by molar-refractivity contribution is 5.44. The Labute approximate surface area is 132 Å². The van der Waals surface area contributed by atoms with Crippen molar-refractivity contribution in [1.29, 1.82) is 0 Å². The summed E-state index contributed by atoms with van der Waals surface area (Å²) in [5.74, 6) is 1.52. The van der Waals surface area contributed by atoms with Crippen molar-refractivity contribution in [3.63, 3.8) is 0 Å². The number of hydrogen-bond acceptors (Lipinski definition) is 4. The number of hydrogen-bond donors (Lipinski definition) is 1. The van der Waals surface area contributed by atoms with E-state index in [0.717, 1.165) is 43.6 Å². The highest BCUT2D eigenvalue weighted by Gasteiger charge is 2.12. The molecule has 0 aromatic heterocycles. The van der Waals surface area contributed by atoms with Gasteiger partial charge in [0.2, 0.25) is 0 Å². The summed E-state index contributed by atoms with van der Waals surface area (Å²) in [6, 6.07) is 6.04. The van der Waals surface area contributed by atoms with Gasteiger partial charge in [0.1, 0.15) is 0 Å². The van der Waals surface area contributed by atoms with Crippen molar-refractivity contribution in [2.75, 3.05) is 27.4 Å². The van der Waals surface area contributed by atoms with E-state index in [0.29, 0.717) is 13.2 Å². The van der Waals surface area contributed by atoms with Gasteiger partial charge in [0.25, 0.3) is 0 Å². The van der Waals surface area contributed by atoms with Crippen molar-refractivity contribution < 1.29 is 19.3 Å². The molecule has 0 heterocycles. The van der Waals surface area contributed by atoms with Crippen LogP contribution in [0.25, 0.3) is 0 Å². The van der Waals surface area contributed by atoms with Crippen molar-refractivity contribution in [3.05, 3.63) is 35.4 Å². The molecule has 0 amide bonds. The normalized spacial score (nSPS) is 18.0. The fourth-order valence-electron chi connectivity index (χ4n) is 2.72. The summed E-state index contributed by atoms with van der Waals surface area (Å²) in [5, 5.41) is 9.73. The molecule has 1 aliphatic rings. The van der Waals surface area contributed by atoms with Gasteiger partial charge in [-0.25, -0.2) is 0 Å². The number of aliphatic hydroxyl groups excluding tert-OH is 1. The molecule has 4 nitrogen and oxygen atoms in total. The Morgan fingerprint density at radius 1 is 1.18 bits per heavy atom. The lowest BCUT2D eigenvalue weighted by Gasteiger charge is -2.18. The number of aliphatic hydroxyl groups is 1. The Morgan fingerprint density at radius 2 is 2.05 bits per heavy atom. The predicted octanol–water partition coefficient (Wildman–Crippen LogP) is 3.12. The van der Waals surface area contributed by atoms with Gasteiger partial charge in [0, 0.05) is 20.1 Å². The van der Waals surface area contributed by atoms with Gasteiger partial charge in [-0.15, -0.1) is 0 Å². The molecule has 22 heavy (non-hydrogen) atoms. The SMILES string of the molecule is COCCCOc1cc(CC2=CC(O)CCC2)ccc1OC. The van der Waals surface area contributed by atoms with Gasteiger partial charge >= 0.3 is 0 Å². The van der Waals surface area contributed by atoms with Crippen LogP contribution in [-0.2, 0) is 11.2 Å². The smallest absolute Gasteiger partial charge is 0.161 e. The van der Waals surface area contributed by atoms with Crippen LogP contribution in [0, 0.1) is 0 Å². The minimum absolute atomic E-state index is 0.285. The van der Waals surface area contributed by atoms with E-state index in [1.54, 1.807) is 14.2 Å². The molecule has 0 radical (unpaired) electrons. The molecule has 1 N–H and O–H groups in total. The monoisotopic (exact) mass is 306 g/mol. The highest BCUT2D eigenvalue weighted by atomic mass is 16.5. The fourth-order valence-corrected chi connectivity index (χ4v) is 2.72. The second-order valence-electron chi connectivity index (χ2n) is 5.64. The molecule has 0 saturated heterocycles. The van der Waals surface area contributed by atoms with E-state index in [4.69, 9.17) is 14.2 Å². The lowest BCUT2D eigenvalue weighted by Crippen LogP contribution is -2.10. The van der Waals surface area contributed by atoms with Gasteiger partial charge in [-0.2, -0.15) is 0 Å². The van der Waals surface area contributed by atoms with Gasteiger partial charge < -0.3 is 19.3 Å². The van der Waals surface area contributed by atoms with Gasteiger partial charge in [-0.1, -0.05) is 17.7 Å². The Kier molecular flexibility index (Phi) is 6.74. The van der Waals surface area contributed by atoms with Crippen LogP contribution < -0.4 is 9.47 Å². The zero-order valence-corrected chi connectivity index (χ0v) is 13.5. The van der Waals surface area contributed by atoms with Crippen molar-refractivity contribution in [2.45, 2.75) is 38.2 Å². The number of methoxy groups -OCH3 is 2. The first kappa shape index (κ1) is 16.8. The third-order valence-electron chi connectivity index (χ3n) is 3.84. The molecule has 1 aromatic rings. The maximum atomic E-state index is 9.73. The number of ether oxygens (including phenoxy) is 3. The minimum atomic E-state index is -0.285. The molecule has 122 valence electrons. The maximum Gasteiger partial charge on any atom is 0.161 e. The number of benzene rings is 1. The largest absolute Gasteiger partial charge is 0.493 e. The van der Waals surface area contributed by atoms with Crippen molar-refractivity contribution in [2.24, 2.45) is 0 Å². The lowest BCUT2D eigenvalue weighted by atomic mass is 9.92. The molecule has 0 bridgehead atoms. The van der Waals surface area contributed by atoms with Crippen molar-refractivity contribution >= 4 is 0 Å². The van der Waals surface area contributed by atoms with Gasteiger partial charge in [0.15, 0.2) is 11.5 Å². The van der Waals surface area contributed by atoms with Gasteiger partial charge in [-0.3, -0.25) is 0 Å². The molecule has 1 unspecified atom stereocenters. The Morgan fingerprint density at radius 3 is 2.77 bits per heavy atom. The summed E-state index contributed by atoms with van der Waals surface area (Å²) in [6.07, 6.45) is 6.41. The lowest BCUT2D eigenvalue weighted by molar-refractivity contribution is 0.170. The second-order valence-corrected chi connectivity index (χ2v) is 5.64. The summed E-state index contributed by atoms with van der Waals surface area (Å²) in [7, 11) is 3.34. The van der Waals surface area contributed by atoms with Crippen LogP contribution in [0.1, 0.15) is 31.2 Å². The van der Waals surface area contributed by atoms with Crippen molar-refractivity contribution in [3.8, 4) is 11.5 Å². The van der Waals surface area contributed by atoms with Crippen LogP contribution >= 0.6 is 0 Å². The van der Waals surface area contributed by atoms with E-state index in [1.807, 2.05) is 18.2 Å². The van der Waals surface area contributed by atoms with Crippen LogP contribution in [0.5, 0.6) is 11.5 Å². The van der Waals surface area contributed by atoms with Crippen LogP contribution in [0.3, 0.4) is 0 Å². The van der Waals surface area contributed by atoms with Gasteiger partial charge in [-0.05, 0) is 43.4 Å². The highest BCUT2D eigenvalue weighted by Crippen LogP contribution is 2.30. The standard InChI is InChI=1S/C18H26O4/c1-20-9-4-10-22-18-13-15(7-8-17(18)21-2)11-14-5-3-6-16(19)12-14/h7-8,12-13,16,19H,3-6,9-11H2,1-2H3. The fraction of sp³-hybridized carbons (Fsp3) is 0.556. The summed E-state index contributed by atoms with van der Waals surface area (Å²) >= 11 is 0. The van der Waals surface area contributed by atoms with E-state index in [1.165, 1.54) is 11.1 Å². The molecular weight excluding hydrogens is 280 g/mol. The van der Waals surface area contributed by atoms with Crippen LogP contribution in [0.15, 0.2) is 29.8 Å². The first-order chi connectivity index (χ1) is 10.7. The molecule has 1 atom stereocenters. The first-order valence-corrected chi connectivity index (χ1v) is 7.89.